The Morgan fingerprint density at radius 1 is 1.00 bits per heavy atom. The third-order valence-corrected chi connectivity index (χ3v) is 5.12. The summed E-state index contributed by atoms with van der Waals surface area (Å²) in [5, 5.41) is 4.56. The third kappa shape index (κ3) is 5.39. The first-order valence-electron chi connectivity index (χ1n) is 10.7. The van der Waals surface area contributed by atoms with Crippen LogP contribution in [0.5, 0.6) is 11.5 Å². The van der Waals surface area contributed by atoms with Gasteiger partial charge in [0.05, 0.1) is 18.5 Å². The Balaban J connectivity index is 1.49. The first-order valence-corrected chi connectivity index (χ1v) is 10.7. The van der Waals surface area contributed by atoms with Gasteiger partial charge in [-0.25, -0.2) is 14.1 Å². The van der Waals surface area contributed by atoms with Crippen molar-refractivity contribution in [3.8, 4) is 11.5 Å². The minimum atomic E-state index is -0.870. The molecule has 5 amide bonds. The fourth-order valence-electron chi connectivity index (χ4n) is 3.38. The van der Waals surface area contributed by atoms with E-state index in [1.54, 1.807) is 36.4 Å². The topological polar surface area (TPSA) is 114 Å². The van der Waals surface area contributed by atoms with Crippen LogP contribution in [0.2, 0.25) is 0 Å². The molecule has 3 aromatic rings. The second-order valence-electron chi connectivity index (χ2n) is 7.55. The Bertz CT molecular complexity index is 1370. The van der Waals surface area contributed by atoms with Gasteiger partial charge >= 0.3 is 6.03 Å². The molecule has 0 saturated carbocycles. The zero-order valence-electron chi connectivity index (χ0n) is 19.0. The van der Waals surface area contributed by atoms with Crippen molar-refractivity contribution < 1.29 is 33.0 Å². The van der Waals surface area contributed by atoms with Gasteiger partial charge in [0, 0.05) is 0 Å². The van der Waals surface area contributed by atoms with Crippen LogP contribution in [0.15, 0.2) is 78.4 Å². The fourth-order valence-corrected chi connectivity index (χ4v) is 3.38. The molecule has 1 fully saturated rings. The number of rotatable bonds is 7. The molecule has 9 nitrogen and oxygen atoms in total. The highest BCUT2D eigenvalue weighted by molar-refractivity contribution is 6.39. The van der Waals surface area contributed by atoms with E-state index in [2.05, 4.69) is 10.6 Å². The highest BCUT2D eigenvalue weighted by atomic mass is 19.1. The minimum absolute atomic E-state index is 0.0300. The molecule has 0 radical (unpaired) electrons. The van der Waals surface area contributed by atoms with Crippen molar-refractivity contribution in [3.63, 3.8) is 0 Å². The second-order valence-corrected chi connectivity index (χ2v) is 7.55. The number of ether oxygens (including phenoxy) is 2. The van der Waals surface area contributed by atoms with Gasteiger partial charge < -0.3 is 14.8 Å². The molecule has 2 N–H and O–H groups in total. The molecule has 3 aromatic carbocycles. The Morgan fingerprint density at radius 2 is 1.75 bits per heavy atom. The molecular formula is C26H20FN3O6. The van der Waals surface area contributed by atoms with Crippen molar-refractivity contribution in [2.75, 3.05) is 23.9 Å². The van der Waals surface area contributed by atoms with E-state index in [-0.39, 0.29) is 22.7 Å². The maximum Gasteiger partial charge on any atom is 0.335 e. The van der Waals surface area contributed by atoms with E-state index in [0.717, 1.165) is 4.90 Å². The zero-order valence-corrected chi connectivity index (χ0v) is 19.0. The molecular weight excluding hydrogens is 469 g/mol. The fraction of sp³-hybridized carbons (Fsp3) is 0.0769. The van der Waals surface area contributed by atoms with Gasteiger partial charge in [0.25, 0.3) is 17.7 Å². The van der Waals surface area contributed by atoms with E-state index in [1.807, 2.05) is 0 Å². The molecule has 182 valence electrons. The van der Waals surface area contributed by atoms with Crippen LogP contribution in [-0.4, -0.2) is 37.5 Å². The van der Waals surface area contributed by atoms with Crippen molar-refractivity contribution in [2.45, 2.75) is 0 Å². The van der Waals surface area contributed by atoms with Gasteiger partial charge in [0.15, 0.2) is 6.61 Å². The molecule has 0 atom stereocenters. The zero-order chi connectivity index (χ0) is 25.7. The van der Waals surface area contributed by atoms with Gasteiger partial charge in [-0.1, -0.05) is 24.3 Å². The van der Waals surface area contributed by atoms with Crippen LogP contribution >= 0.6 is 0 Å². The van der Waals surface area contributed by atoms with E-state index in [0.29, 0.717) is 11.3 Å². The molecule has 0 bridgehead atoms. The number of benzene rings is 3. The second kappa shape index (κ2) is 10.5. The number of anilines is 2. The van der Waals surface area contributed by atoms with Crippen LogP contribution < -0.4 is 25.0 Å². The number of imide groups is 2. The van der Waals surface area contributed by atoms with E-state index < -0.39 is 36.2 Å². The number of carbonyl (C=O) groups is 4. The van der Waals surface area contributed by atoms with Crippen LogP contribution in [0.25, 0.3) is 6.08 Å². The van der Waals surface area contributed by atoms with Crippen LogP contribution in [0.3, 0.4) is 0 Å². The summed E-state index contributed by atoms with van der Waals surface area (Å²) in [4.78, 5) is 50.8. The largest absolute Gasteiger partial charge is 0.497 e. The number of amides is 5. The molecule has 1 heterocycles. The normalized spacial score (nSPS) is 14.4. The van der Waals surface area contributed by atoms with Gasteiger partial charge in [0.1, 0.15) is 22.9 Å². The summed E-state index contributed by atoms with van der Waals surface area (Å²) in [5.41, 5.74) is 0.446. The smallest absolute Gasteiger partial charge is 0.335 e. The summed E-state index contributed by atoms with van der Waals surface area (Å²) in [5.74, 6) is -1.97. The molecule has 1 saturated heterocycles. The van der Waals surface area contributed by atoms with E-state index in [4.69, 9.17) is 9.47 Å². The predicted octanol–water partition coefficient (Wildman–Crippen LogP) is 3.52. The van der Waals surface area contributed by atoms with Crippen molar-refractivity contribution in [1.82, 2.24) is 5.32 Å². The molecule has 1 aliphatic rings. The monoisotopic (exact) mass is 489 g/mol. The number of para-hydroxylation sites is 1. The van der Waals surface area contributed by atoms with Crippen LogP contribution in [0.4, 0.5) is 20.6 Å². The maximum absolute atomic E-state index is 13.7. The van der Waals surface area contributed by atoms with Crippen LogP contribution in [0.1, 0.15) is 5.56 Å². The molecule has 10 heteroatoms. The van der Waals surface area contributed by atoms with Crippen molar-refractivity contribution in [2.24, 2.45) is 0 Å². The number of hydrogen-bond acceptors (Lipinski definition) is 6. The van der Waals surface area contributed by atoms with Crippen LogP contribution in [-0.2, 0) is 14.4 Å². The lowest BCUT2D eigenvalue weighted by atomic mass is 10.1. The van der Waals surface area contributed by atoms with Gasteiger partial charge in [-0.15, -0.1) is 0 Å². The lowest BCUT2D eigenvalue weighted by Crippen LogP contribution is -2.54. The van der Waals surface area contributed by atoms with Crippen molar-refractivity contribution in [3.05, 3.63) is 89.8 Å². The number of methoxy groups -OCH3 is 1. The summed E-state index contributed by atoms with van der Waals surface area (Å²) in [7, 11) is 1.49. The standard InChI is InChI=1S/C26H20FN3O6/c1-35-18-11-9-17(10-12-18)30-25(33)20(24(32)29-26(30)34)14-16-5-4-6-19(13-16)36-15-23(31)28-22-8-3-2-7-21(22)27/h2-14H,15H2,1H3,(H,28,31)(H,29,32,34)/b20-14+. The van der Waals surface area contributed by atoms with Gasteiger partial charge in [0.2, 0.25) is 0 Å². The highest BCUT2D eigenvalue weighted by Crippen LogP contribution is 2.25. The highest BCUT2D eigenvalue weighted by Gasteiger charge is 2.36. The average Bonchev–Trinajstić information content (AvgIpc) is 2.87. The SMILES string of the molecule is COc1ccc(N2C(=O)NC(=O)/C(=C\c3cccc(OCC(=O)Nc4ccccc4F)c3)C2=O)cc1. The number of carbonyl (C=O) groups excluding carboxylic acids is 4. The predicted molar refractivity (Wildman–Crippen MR) is 129 cm³/mol. The third-order valence-electron chi connectivity index (χ3n) is 5.12. The summed E-state index contributed by atoms with van der Waals surface area (Å²) < 4.78 is 24.2. The molecule has 0 spiro atoms. The summed E-state index contributed by atoms with van der Waals surface area (Å²) in [6.07, 6.45) is 1.31. The maximum atomic E-state index is 13.7. The van der Waals surface area contributed by atoms with E-state index in [1.165, 1.54) is 49.6 Å². The number of nitrogens with zero attached hydrogens (tertiary/aromatic N) is 1. The number of barbiturate groups is 1. The molecule has 0 aromatic heterocycles. The quantitative estimate of drug-likeness (QED) is 0.388. The van der Waals surface area contributed by atoms with Crippen molar-refractivity contribution in [1.29, 1.82) is 0 Å². The molecule has 4 rings (SSSR count). The van der Waals surface area contributed by atoms with Crippen molar-refractivity contribution >= 4 is 41.2 Å². The Morgan fingerprint density at radius 3 is 2.47 bits per heavy atom. The Labute approximate surface area is 205 Å². The first-order chi connectivity index (χ1) is 17.4. The average molecular weight is 489 g/mol. The molecule has 0 unspecified atom stereocenters. The number of halogens is 1. The van der Waals surface area contributed by atoms with Gasteiger partial charge in [-0.3, -0.25) is 19.7 Å². The Kier molecular flexibility index (Phi) is 7.05. The number of hydrogen-bond donors (Lipinski definition) is 2. The molecule has 0 aliphatic carbocycles. The van der Waals surface area contributed by atoms with E-state index in [9.17, 15) is 23.6 Å². The van der Waals surface area contributed by atoms with Crippen LogP contribution in [0, 0.1) is 5.82 Å². The lowest BCUT2D eigenvalue weighted by Gasteiger charge is -2.26. The summed E-state index contributed by atoms with van der Waals surface area (Å²) in [6, 6.07) is 17.4. The first kappa shape index (κ1) is 24.1. The van der Waals surface area contributed by atoms with Gasteiger partial charge in [-0.05, 0) is 60.2 Å². The number of urea groups is 1. The lowest BCUT2D eigenvalue weighted by molar-refractivity contribution is -0.122. The summed E-state index contributed by atoms with van der Waals surface area (Å²) in [6.45, 7) is -0.395. The minimum Gasteiger partial charge on any atom is -0.497 e. The van der Waals surface area contributed by atoms with Gasteiger partial charge in [-0.2, -0.15) is 0 Å². The van der Waals surface area contributed by atoms with E-state index >= 15 is 0 Å². The number of nitrogens with one attached hydrogen (secondary N) is 2. The Hall–Kier alpha value is -4.99. The summed E-state index contributed by atoms with van der Waals surface area (Å²) >= 11 is 0. The molecule has 1 aliphatic heterocycles. The molecule has 36 heavy (non-hydrogen) atoms.